The molecule has 2 amide bonds. The summed E-state index contributed by atoms with van der Waals surface area (Å²) >= 11 is 0. The van der Waals surface area contributed by atoms with Crippen LogP contribution in [0.25, 0.3) is 11.0 Å². The number of fused-ring (bicyclic) bond motifs is 1. The number of aromatic amines is 1. The van der Waals surface area contributed by atoms with E-state index in [1.54, 1.807) is 24.4 Å². The van der Waals surface area contributed by atoms with E-state index in [2.05, 4.69) is 30.9 Å². The lowest BCUT2D eigenvalue weighted by Crippen LogP contribution is -2.25. The third-order valence-electron chi connectivity index (χ3n) is 5.02. The van der Waals surface area contributed by atoms with Gasteiger partial charge in [0.1, 0.15) is 5.82 Å². The van der Waals surface area contributed by atoms with Crippen molar-refractivity contribution in [1.82, 2.24) is 25.6 Å². The van der Waals surface area contributed by atoms with Crippen LogP contribution in [-0.4, -0.2) is 39.9 Å². The van der Waals surface area contributed by atoms with Gasteiger partial charge in [0, 0.05) is 36.8 Å². The van der Waals surface area contributed by atoms with Crippen LogP contribution in [0.15, 0.2) is 41.3 Å². The number of nitrogens with zero attached hydrogens (tertiary/aromatic N) is 2. The molecule has 3 rings (SSSR count). The first kappa shape index (κ1) is 23.7. The van der Waals surface area contributed by atoms with Gasteiger partial charge in [-0.15, -0.1) is 0 Å². The number of rotatable bonds is 11. The summed E-state index contributed by atoms with van der Waals surface area (Å²) in [6.45, 7) is 3.46. The maximum absolute atomic E-state index is 12.3. The molecule has 0 aliphatic heterocycles. The van der Waals surface area contributed by atoms with Crippen LogP contribution in [0.2, 0.25) is 0 Å². The highest BCUT2D eigenvalue weighted by molar-refractivity contribution is 5.94. The Bertz CT molecular complexity index is 1160. The van der Waals surface area contributed by atoms with Crippen LogP contribution >= 0.6 is 0 Å². The molecule has 33 heavy (non-hydrogen) atoms. The van der Waals surface area contributed by atoms with Crippen LogP contribution < -0.4 is 27.2 Å². The van der Waals surface area contributed by atoms with Crippen LogP contribution in [0, 0.1) is 0 Å². The van der Waals surface area contributed by atoms with Crippen molar-refractivity contribution in [2.24, 2.45) is 0 Å². The first-order valence-electron chi connectivity index (χ1n) is 11.0. The number of carbonyl (C=O) groups is 2. The first-order chi connectivity index (χ1) is 16.0. The Morgan fingerprint density at radius 3 is 2.52 bits per heavy atom. The Morgan fingerprint density at radius 1 is 1.06 bits per heavy atom. The zero-order valence-corrected chi connectivity index (χ0v) is 18.6. The SMILES string of the molecule is CCC(=O)NCCCCCNC(=O)c1ccc(NCc2cnc3cc(N)[nH]c(=O)c3n2)cc1. The Kier molecular flexibility index (Phi) is 8.34. The van der Waals surface area contributed by atoms with Gasteiger partial charge < -0.3 is 26.7 Å². The van der Waals surface area contributed by atoms with Crippen molar-refractivity contribution in [3.05, 3.63) is 58.1 Å². The van der Waals surface area contributed by atoms with Gasteiger partial charge >= 0.3 is 0 Å². The molecule has 6 N–H and O–H groups in total. The number of nitrogens with two attached hydrogens (primary N) is 1. The van der Waals surface area contributed by atoms with Crippen LogP contribution in [0.4, 0.5) is 11.5 Å². The molecule has 0 spiro atoms. The Labute approximate surface area is 191 Å². The topological polar surface area (TPSA) is 155 Å². The number of benzene rings is 1. The summed E-state index contributed by atoms with van der Waals surface area (Å²) in [5.41, 5.74) is 7.92. The molecule has 0 fully saturated rings. The monoisotopic (exact) mass is 451 g/mol. The quantitative estimate of drug-likeness (QED) is 0.279. The van der Waals surface area contributed by atoms with Crippen LogP contribution in [-0.2, 0) is 11.3 Å². The Balaban J connectivity index is 1.42. The second kappa shape index (κ2) is 11.6. The maximum Gasteiger partial charge on any atom is 0.277 e. The minimum Gasteiger partial charge on any atom is -0.385 e. The second-order valence-corrected chi connectivity index (χ2v) is 7.60. The largest absolute Gasteiger partial charge is 0.385 e. The third kappa shape index (κ3) is 7.03. The molecule has 10 nitrogen and oxygen atoms in total. The van der Waals surface area contributed by atoms with Crippen molar-refractivity contribution < 1.29 is 9.59 Å². The van der Waals surface area contributed by atoms with E-state index in [1.165, 1.54) is 0 Å². The highest BCUT2D eigenvalue weighted by Gasteiger charge is 2.07. The average molecular weight is 452 g/mol. The molecule has 0 bridgehead atoms. The molecule has 10 heteroatoms. The maximum atomic E-state index is 12.3. The van der Waals surface area contributed by atoms with Crippen LogP contribution in [0.3, 0.4) is 0 Å². The first-order valence-corrected chi connectivity index (χ1v) is 11.0. The number of amides is 2. The van der Waals surface area contributed by atoms with Gasteiger partial charge in [-0.25, -0.2) is 4.98 Å². The van der Waals surface area contributed by atoms with Gasteiger partial charge in [-0.3, -0.25) is 19.4 Å². The molecule has 3 aromatic rings. The number of aromatic nitrogens is 3. The summed E-state index contributed by atoms with van der Waals surface area (Å²) in [7, 11) is 0. The lowest BCUT2D eigenvalue weighted by Gasteiger charge is -2.09. The molecule has 0 saturated heterocycles. The zero-order chi connectivity index (χ0) is 23.6. The Morgan fingerprint density at radius 2 is 1.79 bits per heavy atom. The lowest BCUT2D eigenvalue weighted by molar-refractivity contribution is -0.120. The van der Waals surface area contributed by atoms with Crippen molar-refractivity contribution in [3.8, 4) is 0 Å². The number of nitrogen functional groups attached to an aromatic ring is 1. The summed E-state index contributed by atoms with van der Waals surface area (Å²) < 4.78 is 0. The molecule has 0 radical (unpaired) electrons. The van der Waals surface area contributed by atoms with Gasteiger partial charge in [0.15, 0.2) is 5.52 Å². The molecule has 2 heterocycles. The summed E-state index contributed by atoms with van der Waals surface area (Å²) in [5.74, 6) is 0.182. The van der Waals surface area contributed by atoms with E-state index in [0.29, 0.717) is 42.8 Å². The van der Waals surface area contributed by atoms with Gasteiger partial charge in [-0.1, -0.05) is 6.92 Å². The number of hydrogen-bond acceptors (Lipinski definition) is 7. The van der Waals surface area contributed by atoms with E-state index in [0.717, 1.165) is 24.9 Å². The van der Waals surface area contributed by atoms with Crippen LogP contribution in [0.5, 0.6) is 0 Å². The van der Waals surface area contributed by atoms with Crippen molar-refractivity contribution in [3.63, 3.8) is 0 Å². The van der Waals surface area contributed by atoms with Crippen molar-refractivity contribution in [1.29, 1.82) is 0 Å². The number of hydrogen-bond donors (Lipinski definition) is 5. The molecule has 0 unspecified atom stereocenters. The van der Waals surface area contributed by atoms with E-state index in [-0.39, 0.29) is 28.7 Å². The smallest absolute Gasteiger partial charge is 0.277 e. The molecule has 2 aromatic heterocycles. The standard InChI is InChI=1S/C23H29N7O3/c1-2-20(31)25-10-4-3-5-11-26-22(32)15-6-8-16(9-7-15)27-13-17-14-28-18-12-19(24)30-23(33)21(18)29-17/h6-9,12,14,27H,2-5,10-11,13H2,1H3,(H,25,31)(H,26,32)(H3,24,30,33). The van der Waals surface area contributed by atoms with Crippen LogP contribution in [0.1, 0.15) is 48.7 Å². The normalized spacial score (nSPS) is 10.7. The fourth-order valence-corrected chi connectivity index (χ4v) is 3.18. The van der Waals surface area contributed by atoms with E-state index < -0.39 is 0 Å². The number of carbonyl (C=O) groups excluding carboxylic acids is 2. The van der Waals surface area contributed by atoms with Gasteiger partial charge in [0.25, 0.3) is 11.5 Å². The Hall–Kier alpha value is -3.95. The van der Waals surface area contributed by atoms with Crippen molar-refractivity contribution in [2.75, 3.05) is 24.1 Å². The predicted molar refractivity (Wildman–Crippen MR) is 128 cm³/mol. The molecule has 0 aliphatic carbocycles. The number of anilines is 2. The average Bonchev–Trinajstić information content (AvgIpc) is 2.82. The van der Waals surface area contributed by atoms with Gasteiger partial charge in [0.05, 0.1) is 24.0 Å². The fraction of sp³-hybridized carbons (Fsp3) is 0.348. The molecule has 174 valence electrons. The van der Waals surface area contributed by atoms with E-state index in [9.17, 15) is 14.4 Å². The predicted octanol–water partition coefficient (Wildman–Crippen LogP) is 1.94. The minimum absolute atomic E-state index is 0.0623. The molecule has 1 aromatic carbocycles. The number of nitrogens with one attached hydrogen (secondary N) is 4. The highest BCUT2D eigenvalue weighted by atomic mass is 16.2. The molecule has 0 atom stereocenters. The van der Waals surface area contributed by atoms with Gasteiger partial charge in [-0.2, -0.15) is 0 Å². The fourth-order valence-electron chi connectivity index (χ4n) is 3.18. The van der Waals surface area contributed by atoms with E-state index >= 15 is 0 Å². The molecular weight excluding hydrogens is 422 g/mol. The van der Waals surface area contributed by atoms with Crippen molar-refractivity contribution >= 4 is 34.4 Å². The zero-order valence-electron chi connectivity index (χ0n) is 18.6. The third-order valence-corrected chi connectivity index (χ3v) is 5.02. The van der Waals surface area contributed by atoms with E-state index in [4.69, 9.17) is 5.73 Å². The molecule has 0 saturated carbocycles. The molecule has 0 aliphatic rings. The summed E-state index contributed by atoms with van der Waals surface area (Å²) in [6.07, 6.45) is 4.78. The number of H-pyrrole nitrogens is 1. The van der Waals surface area contributed by atoms with Gasteiger partial charge in [0.2, 0.25) is 5.91 Å². The van der Waals surface area contributed by atoms with E-state index in [1.807, 2.05) is 19.1 Å². The highest BCUT2D eigenvalue weighted by Crippen LogP contribution is 2.12. The second-order valence-electron chi connectivity index (χ2n) is 7.60. The summed E-state index contributed by atoms with van der Waals surface area (Å²) in [6, 6.07) is 8.69. The number of unbranched alkanes of at least 4 members (excludes halogenated alkanes) is 2. The minimum atomic E-state index is -0.377. The summed E-state index contributed by atoms with van der Waals surface area (Å²) in [5, 5.41) is 8.95. The van der Waals surface area contributed by atoms with Crippen molar-refractivity contribution in [2.45, 2.75) is 39.2 Å². The number of pyridine rings is 1. The van der Waals surface area contributed by atoms with Gasteiger partial charge in [-0.05, 0) is 43.5 Å². The lowest BCUT2D eigenvalue weighted by atomic mass is 10.2. The molecular formula is C23H29N7O3. The summed E-state index contributed by atoms with van der Waals surface area (Å²) in [4.78, 5) is 46.5.